The average Bonchev–Trinajstić information content (AvgIpc) is 2.81. The zero-order valence-electron chi connectivity index (χ0n) is 17.3. The summed E-state index contributed by atoms with van der Waals surface area (Å²) in [6.45, 7) is 2.04. The lowest BCUT2D eigenvalue weighted by atomic mass is 10.1. The molecule has 0 saturated carbocycles. The zero-order chi connectivity index (χ0) is 22.5. The summed E-state index contributed by atoms with van der Waals surface area (Å²) in [5, 5.41) is 9.73. The summed E-state index contributed by atoms with van der Waals surface area (Å²) in [5.74, 6) is -0.348. The maximum absolute atomic E-state index is 12.8. The van der Waals surface area contributed by atoms with Crippen LogP contribution in [0, 0.1) is 6.92 Å². The molecule has 0 aliphatic rings. The second-order valence-corrected chi connectivity index (χ2v) is 8.22. The maximum atomic E-state index is 12.8. The molecule has 0 atom stereocenters. The minimum atomic E-state index is -0.992. The van der Waals surface area contributed by atoms with Crippen LogP contribution in [0.2, 0.25) is 0 Å². The highest BCUT2D eigenvalue weighted by molar-refractivity contribution is 7.98. The van der Waals surface area contributed by atoms with Crippen LogP contribution >= 0.6 is 11.8 Å². The second-order valence-electron chi connectivity index (χ2n) is 7.27. The molecule has 0 amide bonds. The number of nitrogens with zero attached hydrogens (tertiary/aromatic N) is 4. The van der Waals surface area contributed by atoms with Gasteiger partial charge in [-0.25, -0.2) is 14.8 Å². The molecule has 1 N–H and O–H groups in total. The van der Waals surface area contributed by atoms with Crippen molar-refractivity contribution in [2.24, 2.45) is 0 Å². The number of hydrogen-bond acceptors (Lipinski definition) is 6. The lowest BCUT2D eigenvalue weighted by Gasteiger charge is -2.14. The van der Waals surface area contributed by atoms with E-state index >= 15 is 0 Å². The van der Waals surface area contributed by atoms with Gasteiger partial charge in [-0.15, -0.1) is 0 Å². The lowest BCUT2D eigenvalue weighted by Crippen LogP contribution is -2.19. The first-order valence-electron chi connectivity index (χ1n) is 9.88. The summed E-state index contributed by atoms with van der Waals surface area (Å²) in [7, 11) is 0. The fourth-order valence-corrected chi connectivity index (χ4v) is 4.06. The minimum absolute atomic E-state index is 0.193. The van der Waals surface area contributed by atoms with Crippen molar-refractivity contribution in [3.63, 3.8) is 0 Å². The van der Waals surface area contributed by atoms with E-state index in [1.165, 1.54) is 35.8 Å². The fraction of sp³-hybridized carbons (Fsp3) is 0.125. The number of aromatic carboxylic acids is 1. The molecule has 0 bridgehead atoms. The zero-order valence-corrected chi connectivity index (χ0v) is 18.1. The van der Waals surface area contributed by atoms with Gasteiger partial charge in [-0.1, -0.05) is 41.6 Å². The Bertz CT molecular complexity index is 1290. The first kappa shape index (κ1) is 21.5. The molecule has 4 aromatic rings. The number of carboxylic acid groups (broad SMARTS) is 1. The van der Waals surface area contributed by atoms with Crippen molar-refractivity contribution in [1.82, 2.24) is 19.5 Å². The van der Waals surface area contributed by atoms with E-state index in [4.69, 9.17) is 0 Å². The van der Waals surface area contributed by atoms with Crippen molar-refractivity contribution in [2.75, 3.05) is 0 Å². The summed E-state index contributed by atoms with van der Waals surface area (Å²) in [6, 6.07) is 14.7. The van der Waals surface area contributed by atoms with Crippen LogP contribution < -0.4 is 5.56 Å². The van der Waals surface area contributed by atoms with Gasteiger partial charge in [0.2, 0.25) is 0 Å². The smallest absolute Gasteiger partial charge is 0.335 e. The molecular weight excluding hydrogens is 424 g/mol. The maximum Gasteiger partial charge on any atom is 0.335 e. The third-order valence-electron chi connectivity index (χ3n) is 4.85. The van der Waals surface area contributed by atoms with Gasteiger partial charge in [0.25, 0.3) is 5.56 Å². The van der Waals surface area contributed by atoms with Gasteiger partial charge in [0.05, 0.1) is 5.56 Å². The molecule has 32 heavy (non-hydrogen) atoms. The first-order valence-corrected chi connectivity index (χ1v) is 10.9. The SMILES string of the molecule is Cc1ccc(CSc2nc(=O)c(Cc3cncnc3)cn2-c2ccc(C(=O)O)cc2)cc1. The molecule has 7 nitrogen and oxygen atoms in total. The number of carboxylic acids is 1. The van der Waals surface area contributed by atoms with Gasteiger partial charge in [-0.05, 0) is 42.3 Å². The lowest BCUT2D eigenvalue weighted by molar-refractivity contribution is 0.0697. The van der Waals surface area contributed by atoms with E-state index in [1.54, 1.807) is 30.7 Å². The molecule has 2 heterocycles. The topological polar surface area (TPSA) is 98.0 Å². The Morgan fingerprint density at radius 2 is 1.69 bits per heavy atom. The molecule has 0 fully saturated rings. The molecule has 0 spiro atoms. The third-order valence-corrected chi connectivity index (χ3v) is 5.88. The fourth-order valence-electron chi connectivity index (χ4n) is 3.12. The van der Waals surface area contributed by atoms with Gasteiger partial charge in [0, 0.05) is 42.0 Å². The summed E-state index contributed by atoms with van der Waals surface area (Å²) in [4.78, 5) is 36.4. The molecule has 0 aliphatic heterocycles. The largest absolute Gasteiger partial charge is 0.478 e. The predicted octanol–water partition coefficient (Wildman–Crippen LogP) is 3.91. The van der Waals surface area contributed by atoms with Crippen molar-refractivity contribution in [1.29, 1.82) is 0 Å². The Balaban J connectivity index is 1.71. The average molecular weight is 445 g/mol. The molecule has 0 aliphatic carbocycles. The van der Waals surface area contributed by atoms with Crippen molar-refractivity contribution < 1.29 is 9.90 Å². The molecule has 2 aromatic heterocycles. The normalized spacial score (nSPS) is 10.8. The summed E-state index contributed by atoms with van der Waals surface area (Å²) in [6.07, 6.45) is 6.88. The number of aryl methyl sites for hydroxylation is 1. The Morgan fingerprint density at radius 1 is 1.00 bits per heavy atom. The quantitative estimate of drug-likeness (QED) is 0.341. The number of thioether (sulfide) groups is 1. The molecule has 0 unspecified atom stereocenters. The highest BCUT2D eigenvalue weighted by Gasteiger charge is 2.13. The number of aromatic nitrogens is 4. The molecule has 4 rings (SSSR count). The first-order chi connectivity index (χ1) is 15.5. The van der Waals surface area contributed by atoms with Crippen LogP contribution in [0.15, 0.2) is 83.4 Å². The van der Waals surface area contributed by atoms with Crippen LogP contribution in [0.5, 0.6) is 0 Å². The molecule has 0 radical (unpaired) electrons. The molecule has 160 valence electrons. The van der Waals surface area contributed by atoms with Crippen molar-refractivity contribution in [3.8, 4) is 5.69 Å². The molecule has 0 saturated heterocycles. The molecule has 2 aromatic carbocycles. The molecular formula is C24H20N4O3S. The van der Waals surface area contributed by atoms with Gasteiger partial charge in [0.15, 0.2) is 5.16 Å². The number of carbonyl (C=O) groups is 1. The monoisotopic (exact) mass is 444 g/mol. The van der Waals surface area contributed by atoms with E-state index in [0.717, 1.165) is 16.8 Å². The summed E-state index contributed by atoms with van der Waals surface area (Å²) in [5.41, 5.74) is 4.21. The number of benzene rings is 2. The second kappa shape index (κ2) is 9.57. The Hall–Kier alpha value is -3.78. The van der Waals surface area contributed by atoms with Crippen LogP contribution in [-0.2, 0) is 12.2 Å². The Morgan fingerprint density at radius 3 is 2.34 bits per heavy atom. The Kier molecular flexibility index (Phi) is 6.42. The van der Waals surface area contributed by atoms with E-state index in [9.17, 15) is 14.7 Å². The van der Waals surface area contributed by atoms with Gasteiger partial charge in [0.1, 0.15) is 6.33 Å². The van der Waals surface area contributed by atoms with E-state index in [-0.39, 0.29) is 11.1 Å². The van der Waals surface area contributed by atoms with E-state index < -0.39 is 5.97 Å². The molecule has 8 heteroatoms. The van der Waals surface area contributed by atoms with E-state index in [0.29, 0.717) is 22.9 Å². The van der Waals surface area contributed by atoms with Crippen molar-refractivity contribution >= 4 is 17.7 Å². The number of hydrogen-bond donors (Lipinski definition) is 1. The summed E-state index contributed by atoms with van der Waals surface area (Å²) < 4.78 is 1.82. The van der Waals surface area contributed by atoms with Crippen LogP contribution in [0.3, 0.4) is 0 Å². The van der Waals surface area contributed by atoms with Crippen molar-refractivity contribution in [3.05, 3.63) is 112 Å². The van der Waals surface area contributed by atoms with Gasteiger partial charge < -0.3 is 5.11 Å². The van der Waals surface area contributed by atoms with Gasteiger partial charge in [-0.3, -0.25) is 9.36 Å². The number of rotatable bonds is 7. The highest BCUT2D eigenvalue weighted by Crippen LogP contribution is 2.24. The predicted molar refractivity (Wildman–Crippen MR) is 122 cm³/mol. The van der Waals surface area contributed by atoms with Crippen LogP contribution in [-0.4, -0.2) is 30.6 Å². The van der Waals surface area contributed by atoms with Crippen molar-refractivity contribution in [2.45, 2.75) is 24.3 Å². The summed E-state index contributed by atoms with van der Waals surface area (Å²) >= 11 is 1.45. The highest BCUT2D eigenvalue weighted by atomic mass is 32.2. The third kappa shape index (κ3) is 5.09. The van der Waals surface area contributed by atoms with Crippen LogP contribution in [0.1, 0.15) is 32.6 Å². The standard InChI is InChI=1S/C24H20N4O3S/c1-16-2-4-17(5-3-16)14-32-24-27-22(29)20(10-18-11-25-15-26-12-18)13-28(24)21-8-6-19(7-9-21)23(30)31/h2-9,11-13,15H,10,14H2,1H3,(H,30,31). The minimum Gasteiger partial charge on any atom is -0.478 e. The van der Waals surface area contributed by atoms with Gasteiger partial charge >= 0.3 is 5.97 Å². The Labute approximate surface area is 188 Å². The van der Waals surface area contributed by atoms with Crippen LogP contribution in [0.25, 0.3) is 5.69 Å². The van der Waals surface area contributed by atoms with Gasteiger partial charge in [-0.2, -0.15) is 4.98 Å². The van der Waals surface area contributed by atoms with E-state index in [1.807, 2.05) is 23.6 Å². The van der Waals surface area contributed by atoms with Crippen LogP contribution in [0.4, 0.5) is 0 Å². The van der Waals surface area contributed by atoms with E-state index in [2.05, 4.69) is 27.1 Å².